The number of nitrogens with two attached hydrogens (primary N) is 1. The maximum absolute atomic E-state index is 6.28. The maximum Gasteiger partial charge on any atom is 0.127 e. The van der Waals surface area contributed by atoms with Gasteiger partial charge in [-0.15, -0.1) is 12.4 Å². The quantitative estimate of drug-likeness (QED) is 0.868. The molecule has 2 aromatic carbocycles. The van der Waals surface area contributed by atoms with E-state index in [4.69, 9.17) is 10.5 Å². The lowest BCUT2D eigenvalue weighted by Gasteiger charge is -2.27. The maximum atomic E-state index is 6.28. The van der Waals surface area contributed by atoms with Crippen molar-refractivity contribution in [2.45, 2.75) is 26.8 Å². The summed E-state index contributed by atoms with van der Waals surface area (Å²) in [6.45, 7) is 6.42. The molecule has 0 saturated heterocycles. The van der Waals surface area contributed by atoms with Crippen LogP contribution in [-0.2, 0) is 0 Å². The molecule has 1 atom stereocenters. The van der Waals surface area contributed by atoms with Gasteiger partial charge in [0.15, 0.2) is 0 Å². The minimum absolute atomic E-state index is 0. The Labute approximate surface area is 127 Å². The van der Waals surface area contributed by atoms with Gasteiger partial charge in [0.2, 0.25) is 0 Å². The molecule has 0 saturated carbocycles. The van der Waals surface area contributed by atoms with Crippen molar-refractivity contribution < 1.29 is 4.74 Å². The first-order valence-corrected chi connectivity index (χ1v) is 6.55. The van der Waals surface area contributed by atoms with Gasteiger partial charge in [0, 0.05) is 6.04 Å². The number of benzene rings is 2. The Morgan fingerprint density at radius 2 is 1.50 bits per heavy atom. The van der Waals surface area contributed by atoms with Crippen LogP contribution in [0.25, 0.3) is 0 Å². The van der Waals surface area contributed by atoms with Crippen molar-refractivity contribution >= 4 is 12.4 Å². The van der Waals surface area contributed by atoms with Crippen LogP contribution in [0.5, 0.6) is 11.5 Å². The van der Waals surface area contributed by atoms with Crippen molar-refractivity contribution in [3.8, 4) is 11.5 Å². The Hall–Kier alpha value is -1.51. The average Bonchev–Trinajstić information content (AvgIpc) is 2.38. The largest absolute Gasteiger partial charge is 0.457 e. The van der Waals surface area contributed by atoms with E-state index in [2.05, 4.69) is 20.8 Å². The Bertz CT molecular complexity index is 534. The number of ether oxygens (including phenoxy) is 1. The fraction of sp³-hybridized carbons (Fsp3) is 0.294. The van der Waals surface area contributed by atoms with E-state index in [1.165, 1.54) is 0 Å². The molecule has 0 heterocycles. The summed E-state index contributed by atoms with van der Waals surface area (Å²) in [5.74, 6) is 1.66. The fourth-order valence-corrected chi connectivity index (χ4v) is 1.90. The first kappa shape index (κ1) is 16.5. The summed E-state index contributed by atoms with van der Waals surface area (Å²) in [5.41, 5.74) is 7.41. The summed E-state index contributed by atoms with van der Waals surface area (Å²) >= 11 is 0. The predicted octanol–water partition coefficient (Wildman–Crippen LogP) is 4.95. The molecular weight excluding hydrogens is 270 g/mol. The van der Waals surface area contributed by atoms with Crippen molar-refractivity contribution in [2.24, 2.45) is 11.1 Å². The summed E-state index contributed by atoms with van der Waals surface area (Å²) in [6.07, 6.45) is 0. The number of halogens is 1. The molecule has 0 aliphatic rings. The van der Waals surface area contributed by atoms with Gasteiger partial charge in [-0.3, -0.25) is 0 Å². The number of para-hydroxylation sites is 1. The third-order valence-corrected chi connectivity index (χ3v) is 3.13. The van der Waals surface area contributed by atoms with E-state index in [0.29, 0.717) is 0 Å². The van der Waals surface area contributed by atoms with Gasteiger partial charge in [0.25, 0.3) is 0 Å². The molecule has 0 bridgehead atoms. The zero-order valence-corrected chi connectivity index (χ0v) is 13.0. The zero-order valence-electron chi connectivity index (χ0n) is 12.2. The molecule has 0 spiro atoms. The molecule has 0 aliphatic heterocycles. The van der Waals surface area contributed by atoms with Gasteiger partial charge in [-0.05, 0) is 35.2 Å². The summed E-state index contributed by atoms with van der Waals surface area (Å²) in [5, 5.41) is 0. The molecule has 0 amide bonds. The van der Waals surface area contributed by atoms with Crippen molar-refractivity contribution in [3.05, 3.63) is 60.2 Å². The van der Waals surface area contributed by atoms with E-state index in [-0.39, 0.29) is 23.9 Å². The molecule has 0 aromatic heterocycles. The fourth-order valence-electron chi connectivity index (χ4n) is 1.90. The lowest BCUT2D eigenvalue weighted by molar-refractivity contribution is 0.326. The van der Waals surface area contributed by atoms with Crippen LogP contribution in [0.1, 0.15) is 32.4 Å². The first-order chi connectivity index (χ1) is 8.97. The van der Waals surface area contributed by atoms with E-state index in [1.807, 2.05) is 54.6 Å². The third-order valence-electron chi connectivity index (χ3n) is 3.13. The van der Waals surface area contributed by atoms with Crippen molar-refractivity contribution in [1.82, 2.24) is 0 Å². The number of hydrogen-bond acceptors (Lipinski definition) is 2. The molecular formula is C17H22ClNO. The highest BCUT2D eigenvalue weighted by molar-refractivity contribution is 5.85. The summed E-state index contributed by atoms with van der Waals surface area (Å²) in [6, 6.07) is 17.8. The van der Waals surface area contributed by atoms with Gasteiger partial charge >= 0.3 is 0 Å². The molecule has 2 nitrogen and oxygen atoms in total. The van der Waals surface area contributed by atoms with Crippen molar-refractivity contribution in [1.29, 1.82) is 0 Å². The third kappa shape index (κ3) is 4.26. The molecule has 0 fully saturated rings. The van der Waals surface area contributed by atoms with Crippen LogP contribution < -0.4 is 10.5 Å². The van der Waals surface area contributed by atoms with E-state index in [0.717, 1.165) is 17.1 Å². The number of hydrogen-bond donors (Lipinski definition) is 1. The second kappa shape index (κ2) is 6.78. The van der Waals surface area contributed by atoms with Gasteiger partial charge in [-0.25, -0.2) is 0 Å². The number of rotatable bonds is 3. The van der Waals surface area contributed by atoms with E-state index in [9.17, 15) is 0 Å². The van der Waals surface area contributed by atoms with Gasteiger partial charge in [0.05, 0.1) is 0 Å². The van der Waals surface area contributed by atoms with Gasteiger partial charge in [0.1, 0.15) is 11.5 Å². The predicted molar refractivity (Wildman–Crippen MR) is 86.6 cm³/mol. The first-order valence-electron chi connectivity index (χ1n) is 6.55. The molecule has 0 radical (unpaired) electrons. The topological polar surface area (TPSA) is 35.2 Å². The standard InChI is InChI=1S/C17H21NO.ClH/c1-17(2,3)16(18)13-8-7-11-15(12-13)19-14-9-5-4-6-10-14;/h4-12,16H,18H2,1-3H3;1H/t16-;/m0./s1. The lowest BCUT2D eigenvalue weighted by Crippen LogP contribution is -2.26. The van der Waals surface area contributed by atoms with Gasteiger partial charge in [-0.1, -0.05) is 51.1 Å². The smallest absolute Gasteiger partial charge is 0.127 e. The lowest BCUT2D eigenvalue weighted by atomic mass is 9.83. The Kier molecular flexibility index (Phi) is 5.61. The SMILES string of the molecule is CC(C)(C)[C@@H](N)c1cccc(Oc2ccccc2)c1.Cl. The molecule has 20 heavy (non-hydrogen) atoms. The van der Waals surface area contributed by atoms with Crippen molar-refractivity contribution in [2.75, 3.05) is 0 Å². The molecule has 108 valence electrons. The zero-order chi connectivity index (χ0) is 13.9. The molecule has 2 aromatic rings. The van der Waals surface area contributed by atoms with Gasteiger partial charge in [-0.2, -0.15) is 0 Å². The van der Waals surface area contributed by atoms with E-state index in [1.54, 1.807) is 0 Å². The van der Waals surface area contributed by atoms with E-state index >= 15 is 0 Å². The van der Waals surface area contributed by atoms with Crippen LogP contribution in [0.3, 0.4) is 0 Å². The summed E-state index contributed by atoms with van der Waals surface area (Å²) in [7, 11) is 0. The molecule has 3 heteroatoms. The minimum Gasteiger partial charge on any atom is -0.457 e. The average molecular weight is 292 g/mol. The Morgan fingerprint density at radius 3 is 2.10 bits per heavy atom. The molecule has 2 N–H and O–H groups in total. The Morgan fingerprint density at radius 1 is 0.900 bits per heavy atom. The molecule has 0 unspecified atom stereocenters. The van der Waals surface area contributed by atoms with Gasteiger partial charge < -0.3 is 10.5 Å². The van der Waals surface area contributed by atoms with Crippen LogP contribution in [0.15, 0.2) is 54.6 Å². The van der Waals surface area contributed by atoms with Crippen molar-refractivity contribution in [3.63, 3.8) is 0 Å². The van der Waals surface area contributed by atoms with E-state index < -0.39 is 0 Å². The van der Waals surface area contributed by atoms with Crippen LogP contribution in [-0.4, -0.2) is 0 Å². The monoisotopic (exact) mass is 291 g/mol. The highest BCUT2D eigenvalue weighted by atomic mass is 35.5. The highest BCUT2D eigenvalue weighted by Gasteiger charge is 2.22. The second-order valence-corrected chi connectivity index (χ2v) is 5.83. The van der Waals surface area contributed by atoms with Crippen LogP contribution >= 0.6 is 12.4 Å². The normalized spacial score (nSPS) is 12.4. The van der Waals surface area contributed by atoms with Crippen LogP contribution in [0.4, 0.5) is 0 Å². The molecule has 0 aliphatic carbocycles. The van der Waals surface area contributed by atoms with Crippen LogP contribution in [0.2, 0.25) is 0 Å². The molecule has 2 rings (SSSR count). The highest BCUT2D eigenvalue weighted by Crippen LogP contribution is 2.32. The summed E-state index contributed by atoms with van der Waals surface area (Å²) < 4.78 is 5.83. The minimum atomic E-state index is -0.00757. The Balaban J connectivity index is 0.00000200. The summed E-state index contributed by atoms with van der Waals surface area (Å²) in [4.78, 5) is 0. The van der Waals surface area contributed by atoms with Crippen LogP contribution in [0, 0.1) is 5.41 Å². The second-order valence-electron chi connectivity index (χ2n) is 5.83.